The Bertz CT molecular complexity index is 623. The molecule has 0 bridgehead atoms. The molecule has 0 spiro atoms. The van der Waals surface area contributed by atoms with Gasteiger partial charge in [-0.05, 0) is 25.5 Å². The zero-order valence-electron chi connectivity index (χ0n) is 12.4. The van der Waals surface area contributed by atoms with Crippen LogP contribution in [-0.4, -0.2) is 22.3 Å². The van der Waals surface area contributed by atoms with E-state index in [4.69, 9.17) is 4.74 Å². The van der Waals surface area contributed by atoms with Gasteiger partial charge in [0.25, 0.3) is 5.56 Å². The lowest BCUT2D eigenvalue weighted by molar-refractivity contribution is 0.344. The van der Waals surface area contributed by atoms with E-state index >= 15 is 0 Å². The van der Waals surface area contributed by atoms with E-state index in [2.05, 4.69) is 16.9 Å². The second kappa shape index (κ2) is 7.88. The maximum atomic E-state index is 11.5. The third kappa shape index (κ3) is 5.27. The molecule has 0 unspecified atom stereocenters. The molecule has 4 nitrogen and oxygen atoms in total. The van der Waals surface area contributed by atoms with Crippen LogP contribution in [0.25, 0.3) is 0 Å². The zero-order valence-corrected chi connectivity index (χ0v) is 13.2. The molecule has 0 atom stereocenters. The number of aromatic amines is 1. The molecule has 2 rings (SSSR count). The summed E-state index contributed by atoms with van der Waals surface area (Å²) in [6.45, 7) is 4.70. The molecule has 0 aliphatic heterocycles. The van der Waals surface area contributed by atoms with Crippen molar-refractivity contribution >= 4 is 11.8 Å². The van der Waals surface area contributed by atoms with E-state index in [0.717, 1.165) is 30.0 Å². The number of nitrogens with one attached hydrogen (secondary N) is 1. The van der Waals surface area contributed by atoms with Gasteiger partial charge in [-0.1, -0.05) is 42.8 Å². The van der Waals surface area contributed by atoms with Crippen molar-refractivity contribution in [1.29, 1.82) is 0 Å². The van der Waals surface area contributed by atoms with E-state index in [1.54, 1.807) is 6.07 Å². The minimum absolute atomic E-state index is 0.0876. The topological polar surface area (TPSA) is 55.0 Å². The van der Waals surface area contributed by atoms with Crippen LogP contribution in [0.3, 0.4) is 0 Å². The molecule has 0 fully saturated rings. The summed E-state index contributed by atoms with van der Waals surface area (Å²) >= 11 is 1.51. The lowest BCUT2D eigenvalue weighted by Crippen LogP contribution is -2.11. The van der Waals surface area contributed by atoms with Gasteiger partial charge in [0, 0.05) is 17.5 Å². The van der Waals surface area contributed by atoms with Gasteiger partial charge in [-0.2, -0.15) is 0 Å². The van der Waals surface area contributed by atoms with E-state index < -0.39 is 0 Å². The van der Waals surface area contributed by atoms with Gasteiger partial charge in [0.2, 0.25) is 0 Å². The summed E-state index contributed by atoms with van der Waals surface area (Å²) < 4.78 is 5.65. The average Bonchev–Trinajstić information content (AvgIpc) is 2.45. The third-order valence-corrected chi connectivity index (χ3v) is 3.73. The Labute approximate surface area is 129 Å². The summed E-state index contributed by atoms with van der Waals surface area (Å²) in [4.78, 5) is 18.7. The number of aryl methyl sites for hydroxylation is 2. The highest BCUT2D eigenvalue weighted by Crippen LogP contribution is 2.14. The lowest BCUT2D eigenvalue weighted by atomic mass is 10.2. The van der Waals surface area contributed by atoms with E-state index in [1.165, 1.54) is 17.3 Å². The van der Waals surface area contributed by atoms with E-state index in [9.17, 15) is 4.79 Å². The molecular formula is C16H20N2O2S. The van der Waals surface area contributed by atoms with Crippen molar-refractivity contribution in [2.75, 3.05) is 12.4 Å². The molecule has 1 aromatic carbocycles. The molecule has 1 heterocycles. The number of aromatic nitrogens is 2. The lowest BCUT2D eigenvalue weighted by Gasteiger charge is -2.06. The maximum absolute atomic E-state index is 11.5. The zero-order chi connectivity index (χ0) is 15.1. The third-order valence-electron chi connectivity index (χ3n) is 2.89. The summed E-state index contributed by atoms with van der Waals surface area (Å²) in [5.41, 5.74) is 1.98. The molecule has 0 saturated heterocycles. The van der Waals surface area contributed by atoms with Crippen LogP contribution in [0.15, 0.2) is 40.3 Å². The normalized spacial score (nSPS) is 10.6. The van der Waals surface area contributed by atoms with Crippen LogP contribution >= 0.6 is 11.8 Å². The standard InChI is InChI=1S/C16H20N2O2S/c1-3-4-13-11-15(19)18-16(17-13)21-10-9-20-14-7-5-12(2)6-8-14/h5-8,11H,3-4,9-10H2,1-2H3,(H,17,18,19). The predicted octanol–water partition coefficient (Wildman–Crippen LogP) is 3.20. The number of hydrogen-bond donors (Lipinski definition) is 1. The SMILES string of the molecule is CCCc1cc(=O)[nH]c(SCCOc2ccc(C)cc2)n1. The molecule has 1 N–H and O–H groups in total. The smallest absolute Gasteiger partial charge is 0.251 e. The fraction of sp³-hybridized carbons (Fsp3) is 0.375. The van der Waals surface area contributed by atoms with Crippen LogP contribution in [0, 0.1) is 6.92 Å². The van der Waals surface area contributed by atoms with Crippen molar-refractivity contribution in [2.45, 2.75) is 31.8 Å². The second-order valence-electron chi connectivity index (χ2n) is 4.80. The summed E-state index contributed by atoms with van der Waals surface area (Å²) in [6.07, 6.45) is 1.81. The first-order chi connectivity index (χ1) is 10.2. The second-order valence-corrected chi connectivity index (χ2v) is 5.89. The largest absolute Gasteiger partial charge is 0.493 e. The minimum atomic E-state index is -0.0876. The molecular weight excluding hydrogens is 284 g/mol. The van der Waals surface area contributed by atoms with Crippen molar-refractivity contribution < 1.29 is 4.74 Å². The summed E-state index contributed by atoms with van der Waals surface area (Å²) in [5.74, 6) is 1.61. The quantitative estimate of drug-likeness (QED) is 0.485. The first-order valence-electron chi connectivity index (χ1n) is 7.10. The van der Waals surface area contributed by atoms with E-state index in [-0.39, 0.29) is 5.56 Å². The summed E-state index contributed by atoms with van der Waals surface area (Å²) in [5, 5.41) is 0.665. The molecule has 21 heavy (non-hydrogen) atoms. The monoisotopic (exact) mass is 304 g/mol. The number of hydrogen-bond acceptors (Lipinski definition) is 4. The Morgan fingerprint density at radius 3 is 2.76 bits per heavy atom. The molecule has 0 saturated carbocycles. The summed E-state index contributed by atoms with van der Waals surface area (Å²) in [7, 11) is 0. The van der Waals surface area contributed by atoms with Crippen LogP contribution in [0.1, 0.15) is 24.6 Å². The van der Waals surface area contributed by atoms with Gasteiger partial charge in [-0.15, -0.1) is 0 Å². The van der Waals surface area contributed by atoms with Gasteiger partial charge in [0.15, 0.2) is 5.16 Å². The molecule has 2 aromatic rings. The Hall–Kier alpha value is -1.75. The van der Waals surface area contributed by atoms with Crippen LogP contribution in [-0.2, 0) is 6.42 Å². The van der Waals surface area contributed by atoms with Gasteiger partial charge < -0.3 is 9.72 Å². The number of benzene rings is 1. The highest BCUT2D eigenvalue weighted by atomic mass is 32.2. The highest BCUT2D eigenvalue weighted by Gasteiger charge is 2.02. The molecule has 0 aliphatic carbocycles. The van der Waals surface area contributed by atoms with Gasteiger partial charge in [0.1, 0.15) is 5.75 Å². The predicted molar refractivity (Wildman–Crippen MR) is 86.3 cm³/mol. The average molecular weight is 304 g/mol. The molecule has 0 radical (unpaired) electrons. The van der Waals surface area contributed by atoms with E-state index in [1.807, 2.05) is 31.2 Å². The Kier molecular flexibility index (Phi) is 5.87. The van der Waals surface area contributed by atoms with Crippen molar-refractivity contribution in [1.82, 2.24) is 9.97 Å². The van der Waals surface area contributed by atoms with Gasteiger partial charge in [-0.25, -0.2) is 4.98 Å². The fourth-order valence-corrected chi connectivity index (χ4v) is 2.58. The first-order valence-corrected chi connectivity index (χ1v) is 8.08. The van der Waals surface area contributed by atoms with E-state index in [0.29, 0.717) is 11.8 Å². The number of thioether (sulfide) groups is 1. The molecule has 112 valence electrons. The number of nitrogens with zero attached hydrogens (tertiary/aromatic N) is 1. The Morgan fingerprint density at radius 1 is 1.29 bits per heavy atom. The van der Waals surface area contributed by atoms with Gasteiger partial charge in [0.05, 0.1) is 6.61 Å². The van der Waals surface area contributed by atoms with Crippen molar-refractivity contribution in [3.05, 3.63) is 51.9 Å². The number of H-pyrrole nitrogens is 1. The Balaban J connectivity index is 1.83. The van der Waals surface area contributed by atoms with Gasteiger partial charge in [-0.3, -0.25) is 4.79 Å². The van der Waals surface area contributed by atoms with Crippen LogP contribution in [0.5, 0.6) is 5.75 Å². The highest BCUT2D eigenvalue weighted by molar-refractivity contribution is 7.99. The fourth-order valence-electron chi connectivity index (χ4n) is 1.87. The Morgan fingerprint density at radius 2 is 2.05 bits per heavy atom. The van der Waals surface area contributed by atoms with Gasteiger partial charge >= 0.3 is 0 Å². The number of ether oxygens (including phenoxy) is 1. The van der Waals surface area contributed by atoms with Crippen molar-refractivity contribution in [3.8, 4) is 5.75 Å². The maximum Gasteiger partial charge on any atom is 0.251 e. The molecule has 0 amide bonds. The van der Waals surface area contributed by atoms with Crippen LogP contribution < -0.4 is 10.3 Å². The molecule has 5 heteroatoms. The summed E-state index contributed by atoms with van der Waals surface area (Å²) in [6, 6.07) is 9.53. The minimum Gasteiger partial charge on any atom is -0.493 e. The molecule has 0 aliphatic rings. The van der Waals surface area contributed by atoms with Crippen molar-refractivity contribution in [3.63, 3.8) is 0 Å². The van der Waals surface area contributed by atoms with Crippen LogP contribution in [0.4, 0.5) is 0 Å². The first kappa shape index (κ1) is 15.6. The van der Waals surface area contributed by atoms with Crippen molar-refractivity contribution in [2.24, 2.45) is 0 Å². The van der Waals surface area contributed by atoms with Crippen LogP contribution in [0.2, 0.25) is 0 Å². The molecule has 1 aromatic heterocycles. The number of rotatable bonds is 7.